The number of carboxylic acid groups (broad SMARTS) is 2. The highest BCUT2D eigenvalue weighted by molar-refractivity contribution is 7.18. The Kier molecular flexibility index (Phi) is 8.30. The molecule has 0 aliphatic rings. The molecule has 0 unspecified atom stereocenters. The average Bonchev–Trinajstić information content (AvgIpc) is 3.23. The monoisotopic (exact) mass is 551 g/mol. The summed E-state index contributed by atoms with van der Waals surface area (Å²) < 4.78 is 11.0. The van der Waals surface area contributed by atoms with Crippen molar-refractivity contribution in [2.75, 3.05) is 11.5 Å². The lowest BCUT2D eigenvalue weighted by atomic mass is 10.1. The minimum absolute atomic E-state index is 0.0169. The SMILES string of the molecule is CC(=O)N(Cc1cccc(-c2sc(C(=O)O)c(OCC(=O)O)c2Cl)c1)c1ccc(Oc2ccccc2)cc1. The lowest BCUT2D eigenvalue weighted by molar-refractivity contribution is -0.139. The van der Waals surface area contributed by atoms with Crippen LogP contribution in [0, 0.1) is 0 Å². The molecule has 0 fully saturated rings. The zero-order valence-electron chi connectivity index (χ0n) is 20.1. The van der Waals surface area contributed by atoms with E-state index in [-0.39, 0.29) is 28.1 Å². The van der Waals surface area contributed by atoms with E-state index in [1.54, 1.807) is 47.4 Å². The molecule has 1 aromatic heterocycles. The van der Waals surface area contributed by atoms with Crippen LogP contribution in [0.15, 0.2) is 78.9 Å². The molecule has 1 amide bonds. The first-order valence-corrected chi connectivity index (χ1v) is 12.5. The van der Waals surface area contributed by atoms with E-state index < -0.39 is 18.5 Å². The van der Waals surface area contributed by atoms with E-state index in [1.807, 2.05) is 36.4 Å². The van der Waals surface area contributed by atoms with Crippen molar-refractivity contribution in [1.29, 1.82) is 0 Å². The van der Waals surface area contributed by atoms with Gasteiger partial charge in [0.1, 0.15) is 16.5 Å². The summed E-state index contributed by atoms with van der Waals surface area (Å²) in [6.07, 6.45) is 0. The lowest BCUT2D eigenvalue weighted by Crippen LogP contribution is -2.27. The zero-order valence-corrected chi connectivity index (χ0v) is 21.7. The van der Waals surface area contributed by atoms with Gasteiger partial charge in [-0.15, -0.1) is 11.3 Å². The van der Waals surface area contributed by atoms with Crippen LogP contribution < -0.4 is 14.4 Å². The number of rotatable bonds is 10. The number of benzene rings is 3. The van der Waals surface area contributed by atoms with Gasteiger partial charge in [-0.2, -0.15) is 0 Å². The average molecular weight is 552 g/mol. The number of ether oxygens (including phenoxy) is 2. The summed E-state index contributed by atoms with van der Waals surface area (Å²) in [4.78, 5) is 37.0. The van der Waals surface area contributed by atoms with Crippen molar-refractivity contribution in [3.63, 3.8) is 0 Å². The molecule has 0 saturated heterocycles. The number of thiophene rings is 1. The van der Waals surface area contributed by atoms with Crippen molar-refractivity contribution in [2.45, 2.75) is 13.5 Å². The Morgan fingerprint density at radius 1 is 0.921 bits per heavy atom. The van der Waals surface area contributed by atoms with Crippen molar-refractivity contribution >= 4 is 46.5 Å². The van der Waals surface area contributed by atoms with Crippen LogP contribution in [0.4, 0.5) is 5.69 Å². The summed E-state index contributed by atoms with van der Waals surface area (Å²) in [5.74, 6) is -1.55. The third-order valence-electron chi connectivity index (χ3n) is 5.38. The number of para-hydroxylation sites is 1. The summed E-state index contributed by atoms with van der Waals surface area (Å²) in [5.41, 5.74) is 2.06. The summed E-state index contributed by atoms with van der Waals surface area (Å²) in [5, 5.41) is 18.5. The number of aromatic carboxylic acids is 1. The van der Waals surface area contributed by atoms with Crippen molar-refractivity contribution in [2.24, 2.45) is 0 Å². The third-order valence-corrected chi connectivity index (χ3v) is 7.06. The summed E-state index contributed by atoms with van der Waals surface area (Å²) in [6, 6.07) is 23.7. The van der Waals surface area contributed by atoms with E-state index in [0.29, 0.717) is 27.6 Å². The molecule has 2 N–H and O–H groups in total. The molecule has 0 atom stereocenters. The molecule has 3 aromatic carbocycles. The van der Waals surface area contributed by atoms with Crippen LogP contribution in [-0.2, 0) is 16.1 Å². The summed E-state index contributed by atoms with van der Waals surface area (Å²) in [7, 11) is 0. The number of nitrogens with zero attached hydrogens (tertiary/aromatic N) is 1. The second-order valence-corrected chi connectivity index (χ2v) is 9.50. The van der Waals surface area contributed by atoms with Crippen LogP contribution in [0.1, 0.15) is 22.2 Å². The Labute approximate surface area is 227 Å². The molecule has 8 nitrogen and oxygen atoms in total. The molecule has 10 heteroatoms. The second kappa shape index (κ2) is 11.8. The lowest BCUT2D eigenvalue weighted by Gasteiger charge is -2.22. The van der Waals surface area contributed by atoms with Crippen molar-refractivity contribution in [3.05, 3.63) is 94.3 Å². The molecule has 0 radical (unpaired) electrons. The molecular formula is C28H22ClNO7S. The normalized spacial score (nSPS) is 10.6. The number of anilines is 1. The molecule has 0 bridgehead atoms. The number of aliphatic carboxylic acids is 1. The van der Waals surface area contributed by atoms with Crippen molar-refractivity contribution in [1.82, 2.24) is 0 Å². The minimum atomic E-state index is -1.28. The molecule has 0 spiro atoms. The quantitative estimate of drug-likeness (QED) is 0.229. The molecule has 38 heavy (non-hydrogen) atoms. The molecular weight excluding hydrogens is 530 g/mol. The largest absolute Gasteiger partial charge is 0.479 e. The van der Waals surface area contributed by atoms with Crippen LogP contribution in [0.2, 0.25) is 5.02 Å². The van der Waals surface area contributed by atoms with Gasteiger partial charge >= 0.3 is 11.9 Å². The molecule has 1 heterocycles. The first kappa shape index (κ1) is 26.7. The Balaban J connectivity index is 1.57. The van der Waals surface area contributed by atoms with Gasteiger partial charge in [0.05, 0.1) is 11.4 Å². The van der Waals surface area contributed by atoms with Gasteiger partial charge in [-0.1, -0.05) is 48.0 Å². The standard InChI is InChI=1S/C28H22ClNO7S/c1-17(31)30(20-10-12-22(13-11-20)37-21-8-3-2-4-9-21)15-18-6-5-7-19(14-18)26-24(29)25(36-16-23(32)33)27(38-26)28(34)35/h2-14H,15-16H2,1H3,(H,32,33)(H,34,35). The van der Waals surface area contributed by atoms with E-state index in [4.69, 9.17) is 26.2 Å². The van der Waals surface area contributed by atoms with E-state index in [0.717, 1.165) is 16.9 Å². The molecule has 4 rings (SSSR count). The fourth-order valence-electron chi connectivity index (χ4n) is 3.68. The number of hydrogen-bond acceptors (Lipinski definition) is 6. The van der Waals surface area contributed by atoms with Crippen LogP contribution in [0.25, 0.3) is 10.4 Å². The van der Waals surface area contributed by atoms with Gasteiger partial charge < -0.3 is 24.6 Å². The number of halogens is 1. The smallest absolute Gasteiger partial charge is 0.349 e. The Morgan fingerprint density at radius 2 is 1.61 bits per heavy atom. The Morgan fingerprint density at radius 3 is 2.24 bits per heavy atom. The first-order chi connectivity index (χ1) is 18.2. The maximum atomic E-state index is 12.5. The highest BCUT2D eigenvalue weighted by Gasteiger charge is 2.25. The summed E-state index contributed by atoms with van der Waals surface area (Å²) >= 11 is 7.31. The van der Waals surface area contributed by atoms with Gasteiger partial charge in [0.25, 0.3) is 0 Å². The molecule has 0 saturated carbocycles. The Hall–Kier alpha value is -4.34. The van der Waals surface area contributed by atoms with E-state index >= 15 is 0 Å². The molecule has 4 aromatic rings. The molecule has 0 aliphatic heterocycles. The van der Waals surface area contributed by atoms with E-state index in [9.17, 15) is 19.5 Å². The topological polar surface area (TPSA) is 113 Å². The van der Waals surface area contributed by atoms with Gasteiger partial charge in [0.15, 0.2) is 17.2 Å². The van der Waals surface area contributed by atoms with Crippen LogP contribution in [0.5, 0.6) is 17.2 Å². The fourth-order valence-corrected chi connectivity index (χ4v) is 5.08. The van der Waals surface area contributed by atoms with Crippen LogP contribution in [0.3, 0.4) is 0 Å². The number of carbonyl (C=O) groups excluding carboxylic acids is 1. The predicted octanol–water partition coefficient (Wildman–Crippen LogP) is 6.58. The maximum absolute atomic E-state index is 12.5. The number of carboxylic acids is 2. The number of hydrogen-bond donors (Lipinski definition) is 2. The Bertz CT molecular complexity index is 1470. The predicted molar refractivity (Wildman–Crippen MR) is 145 cm³/mol. The van der Waals surface area contributed by atoms with Gasteiger partial charge in [-0.05, 0) is 53.6 Å². The minimum Gasteiger partial charge on any atom is -0.479 e. The zero-order chi connectivity index (χ0) is 27.2. The second-order valence-electron chi connectivity index (χ2n) is 8.11. The highest BCUT2D eigenvalue weighted by Crippen LogP contribution is 2.45. The maximum Gasteiger partial charge on any atom is 0.349 e. The van der Waals surface area contributed by atoms with E-state index in [1.165, 1.54) is 6.92 Å². The van der Waals surface area contributed by atoms with Crippen LogP contribution in [-0.4, -0.2) is 34.7 Å². The highest BCUT2D eigenvalue weighted by atomic mass is 35.5. The number of amides is 1. The molecule has 0 aliphatic carbocycles. The van der Waals surface area contributed by atoms with Crippen LogP contribution >= 0.6 is 22.9 Å². The van der Waals surface area contributed by atoms with Gasteiger partial charge in [-0.3, -0.25) is 4.79 Å². The first-order valence-electron chi connectivity index (χ1n) is 11.3. The van der Waals surface area contributed by atoms with E-state index in [2.05, 4.69) is 0 Å². The fraction of sp³-hybridized carbons (Fsp3) is 0.107. The summed E-state index contributed by atoms with van der Waals surface area (Å²) in [6.45, 7) is 0.998. The molecule has 194 valence electrons. The number of carbonyl (C=O) groups is 3. The third kappa shape index (κ3) is 6.31. The van der Waals surface area contributed by atoms with Gasteiger partial charge in [-0.25, -0.2) is 9.59 Å². The van der Waals surface area contributed by atoms with Crippen molar-refractivity contribution < 1.29 is 34.1 Å². The van der Waals surface area contributed by atoms with Gasteiger partial charge in [0, 0.05) is 12.6 Å². The van der Waals surface area contributed by atoms with Gasteiger partial charge in [0.2, 0.25) is 5.91 Å². The van der Waals surface area contributed by atoms with Crippen molar-refractivity contribution in [3.8, 4) is 27.7 Å².